The summed E-state index contributed by atoms with van der Waals surface area (Å²) in [7, 11) is 0. The van der Waals surface area contributed by atoms with Gasteiger partial charge >= 0.3 is 0 Å². The van der Waals surface area contributed by atoms with Crippen molar-refractivity contribution in [3.8, 4) is 5.75 Å². The average molecular weight is 282 g/mol. The van der Waals surface area contributed by atoms with Crippen LogP contribution in [0.15, 0.2) is 53.6 Å². The van der Waals surface area contributed by atoms with Gasteiger partial charge in [-0.15, -0.1) is 0 Å². The van der Waals surface area contributed by atoms with Crippen LogP contribution in [0.1, 0.15) is 17.3 Å². The minimum atomic E-state index is -0.341. The van der Waals surface area contributed by atoms with Crippen molar-refractivity contribution < 1.29 is 9.53 Å². The molecule has 0 spiro atoms. The van der Waals surface area contributed by atoms with E-state index in [0.29, 0.717) is 29.3 Å². The largest absolute Gasteiger partial charge is 0.494 e. The lowest BCUT2D eigenvalue weighted by atomic mass is 10.1. The van der Waals surface area contributed by atoms with Crippen LogP contribution in [0.2, 0.25) is 0 Å². The fourth-order valence-electron chi connectivity index (χ4n) is 1.83. The molecule has 1 N–H and O–H groups in total. The van der Waals surface area contributed by atoms with E-state index >= 15 is 0 Å². The summed E-state index contributed by atoms with van der Waals surface area (Å²) in [5, 5.41) is 6.26. The van der Waals surface area contributed by atoms with Gasteiger partial charge in [-0.2, -0.15) is 0 Å². The summed E-state index contributed by atoms with van der Waals surface area (Å²) in [5.41, 5.74) is 9.74. The van der Waals surface area contributed by atoms with Crippen molar-refractivity contribution >= 4 is 17.3 Å². The van der Waals surface area contributed by atoms with Crippen molar-refractivity contribution in [2.24, 2.45) is 5.11 Å². The number of benzene rings is 2. The molecule has 6 nitrogen and oxygen atoms in total. The predicted octanol–water partition coefficient (Wildman–Crippen LogP) is 4.28. The van der Waals surface area contributed by atoms with Crippen LogP contribution in [0.4, 0.5) is 11.4 Å². The number of rotatable bonds is 5. The van der Waals surface area contributed by atoms with Crippen LogP contribution in [0.5, 0.6) is 5.75 Å². The maximum absolute atomic E-state index is 12.2. The molecule has 0 unspecified atom stereocenters. The van der Waals surface area contributed by atoms with Gasteiger partial charge in [0.05, 0.1) is 12.3 Å². The standard InChI is InChI=1S/C15H14N4O2/c1-2-21-12-7-5-6-11(10-12)17-15(20)13-8-3-4-9-14(13)18-19-16/h3-10H,2H2,1H3,(H,17,20). The van der Waals surface area contributed by atoms with Crippen molar-refractivity contribution in [2.45, 2.75) is 6.92 Å². The third-order valence-electron chi connectivity index (χ3n) is 2.70. The summed E-state index contributed by atoms with van der Waals surface area (Å²) in [4.78, 5) is 15.0. The number of anilines is 1. The number of hydrogen-bond acceptors (Lipinski definition) is 3. The molecule has 0 aliphatic heterocycles. The number of carbonyl (C=O) groups excluding carboxylic acids is 1. The second-order valence-corrected chi connectivity index (χ2v) is 4.12. The molecule has 0 saturated heterocycles. The number of carbonyl (C=O) groups is 1. The second-order valence-electron chi connectivity index (χ2n) is 4.12. The first-order chi connectivity index (χ1) is 10.2. The Balaban J connectivity index is 2.22. The smallest absolute Gasteiger partial charge is 0.256 e. The van der Waals surface area contributed by atoms with E-state index < -0.39 is 0 Å². The lowest BCUT2D eigenvalue weighted by Crippen LogP contribution is -2.12. The summed E-state index contributed by atoms with van der Waals surface area (Å²) >= 11 is 0. The molecule has 0 aromatic heterocycles. The van der Waals surface area contributed by atoms with E-state index in [1.54, 1.807) is 42.5 Å². The van der Waals surface area contributed by atoms with E-state index in [2.05, 4.69) is 15.3 Å². The number of hydrogen-bond donors (Lipinski definition) is 1. The van der Waals surface area contributed by atoms with Crippen LogP contribution in [0.3, 0.4) is 0 Å². The highest BCUT2D eigenvalue weighted by Crippen LogP contribution is 2.22. The van der Waals surface area contributed by atoms with Crippen molar-refractivity contribution in [1.82, 2.24) is 0 Å². The van der Waals surface area contributed by atoms with Crippen molar-refractivity contribution in [1.29, 1.82) is 0 Å². The van der Waals surface area contributed by atoms with Crippen molar-refractivity contribution in [3.63, 3.8) is 0 Å². The lowest BCUT2D eigenvalue weighted by molar-refractivity contribution is 0.102. The molecule has 6 heteroatoms. The first-order valence-electron chi connectivity index (χ1n) is 6.43. The number of nitrogens with one attached hydrogen (secondary N) is 1. The maximum atomic E-state index is 12.2. The molecular weight excluding hydrogens is 268 g/mol. The van der Waals surface area contributed by atoms with Crippen molar-refractivity contribution in [2.75, 3.05) is 11.9 Å². The topological polar surface area (TPSA) is 87.1 Å². The molecule has 0 saturated carbocycles. The highest BCUT2D eigenvalue weighted by Gasteiger charge is 2.10. The maximum Gasteiger partial charge on any atom is 0.256 e. The molecule has 0 bridgehead atoms. The molecule has 0 aliphatic carbocycles. The van der Waals surface area contributed by atoms with E-state index in [-0.39, 0.29) is 5.91 Å². The van der Waals surface area contributed by atoms with Gasteiger partial charge < -0.3 is 10.1 Å². The van der Waals surface area contributed by atoms with Crippen LogP contribution in [0.25, 0.3) is 10.4 Å². The molecule has 0 fully saturated rings. The van der Waals surface area contributed by atoms with Crippen molar-refractivity contribution in [3.05, 3.63) is 64.5 Å². The molecule has 0 heterocycles. The Hall–Kier alpha value is -2.98. The van der Waals surface area contributed by atoms with Crippen LogP contribution in [0, 0.1) is 0 Å². The third kappa shape index (κ3) is 3.75. The van der Waals surface area contributed by atoms with Gasteiger partial charge in [0.1, 0.15) is 5.75 Å². The minimum absolute atomic E-state index is 0.290. The Morgan fingerprint density at radius 2 is 2.10 bits per heavy atom. The number of amides is 1. The Morgan fingerprint density at radius 1 is 1.29 bits per heavy atom. The highest BCUT2D eigenvalue weighted by molar-refractivity contribution is 6.07. The van der Waals surface area contributed by atoms with Gasteiger partial charge in [-0.25, -0.2) is 0 Å². The second kappa shape index (κ2) is 6.98. The van der Waals surface area contributed by atoms with Gasteiger partial charge in [0.2, 0.25) is 0 Å². The summed E-state index contributed by atoms with van der Waals surface area (Å²) in [6, 6.07) is 13.7. The van der Waals surface area contributed by atoms with Gasteiger partial charge in [-0.3, -0.25) is 4.79 Å². The average Bonchev–Trinajstić information content (AvgIpc) is 2.49. The number of nitrogens with zero attached hydrogens (tertiary/aromatic N) is 3. The Morgan fingerprint density at radius 3 is 2.86 bits per heavy atom. The Kier molecular flexibility index (Phi) is 4.79. The third-order valence-corrected chi connectivity index (χ3v) is 2.70. The molecule has 2 rings (SSSR count). The normalized spacial score (nSPS) is 9.57. The Bertz CT molecular complexity index is 694. The summed E-state index contributed by atoms with van der Waals surface area (Å²) < 4.78 is 5.38. The first kappa shape index (κ1) is 14.4. The number of ether oxygens (including phenoxy) is 1. The molecule has 106 valence electrons. The summed E-state index contributed by atoms with van der Waals surface area (Å²) in [5.74, 6) is 0.338. The lowest BCUT2D eigenvalue weighted by Gasteiger charge is -2.09. The quantitative estimate of drug-likeness (QED) is 0.504. The zero-order chi connectivity index (χ0) is 15.1. The molecular formula is C15H14N4O2. The minimum Gasteiger partial charge on any atom is -0.494 e. The van der Waals surface area contributed by atoms with Crippen LogP contribution in [-0.4, -0.2) is 12.5 Å². The van der Waals surface area contributed by atoms with Gasteiger partial charge in [-0.05, 0) is 30.7 Å². The summed E-state index contributed by atoms with van der Waals surface area (Å²) in [6.07, 6.45) is 0. The highest BCUT2D eigenvalue weighted by atomic mass is 16.5. The fourth-order valence-corrected chi connectivity index (χ4v) is 1.83. The SMILES string of the molecule is CCOc1cccc(NC(=O)c2ccccc2N=[N+]=[N-])c1. The van der Waals surface area contributed by atoms with E-state index in [4.69, 9.17) is 10.3 Å². The monoisotopic (exact) mass is 282 g/mol. The van der Waals surface area contributed by atoms with E-state index in [1.165, 1.54) is 0 Å². The predicted molar refractivity (Wildman–Crippen MR) is 80.8 cm³/mol. The van der Waals surface area contributed by atoms with E-state index in [1.807, 2.05) is 13.0 Å². The van der Waals surface area contributed by atoms with Gasteiger partial charge in [0, 0.05) is 22.2 Å². The zero-order valence-electron chi connectivity index (χ0n) is 11.5. The van der Waals surface area contributed by atoms with Gasteiger partial charge in [-0.1, -0.05) is 29.4 Å². The molecule has 1 amide bonds. The summed E-state index contributed by atoms with van der Waals surface area (Å²) in [6.45, 7) is 2.44. The van der Waals surface area contributed by atoms with E-state index in [0.717, 1.165) is 0 Å². The van der Waals surface area contributed by atoms with Crippen LogP contribution < -0.4 is 10.1 Å². The Labute approximate surface area is 122 Å². The fraction of sp³-hybridized carbons (Fsp3) is 0.133. The first-order valence-corrected chi connectivity index (χ1v) is 6.43. The van der Waals surface area contributed by atoms with Gasteiger partial charge in [0.15, 0.2) is 0 Å². The molecule has 0 radical (unpaired) electrons. The molecule has 0 atom stereocenters. The van der Waals surface area contributed by atoms with Crippen LogP contribution >= 0.6 is 0 Å². The molecule has 21 heavy (non-hydrogen) atoms. The van der Waals surface area contributed by atoms with Crippen LogP contribution in [-0.2, 0) is 0 Å². The molecule has 2 aromatic rings. The molecule has 0 aliphatic rings. The molecule has 2 aromatic carbocycles. The van der Waals surface area contributed by atoms with E-state index in [9.17, 15) is 4.79 Å². The number of azide groups is 1. The van der Waals surface area contributed by atoms with Gasteiger partial charge in [0.25, 0.3) is 5.91 Å². The zero-order valence-corrected chi connectivity index (χ0v) is 11.5.